The molecule has 29 heavy (non-hydrogen) atoms. The maximum absolute atomic E-state index is 12.5. The second kappa shape index (κ2) is 7.11. The minimum absolute atomic E-state index is 0.113. The number of carbonyl (C=O) groups is 1. The number of fused-ring (bicyclic) bond motifs is 2. The number of benzene rings is 3. The highest BCUT2D eigenvalue weighted by Gasteiger charge is 2.33. The van der Waals surface area contributed by atoms with Gasteiger partial charge in [0.05, 0.1) is 6.04 Å². The molecule has 0 bridgehead atoms. The molecule has 0 spiro atoms. The minimum Gasteiger partial charge on any atom is -0.508 e. The molecule has 1 aliphatic rings. The van der Waals surface area contributed by atoms with E-state index in [0.717, 1.165) is 34.3 Å². The first-order valence-electron chi connectivity index (χ1n) is 9.68. The first kappa shape index (κ1) is 17.5. The number of carbonyl (C=O) groups excluding carboxylic acids is 1. The number of hydrogen-bond acceptors (Lipinski definition) is 3. The van der Waals surface area contributed by atoms with E-state index in [0.29, 0.717) is 12.1 Å². The van der Waals surface area contributed by atoms with Crippen LogP contribution < -0.4 is 10.6 Å². The van der Waals surface area contributed by atoms with Gasteiger partial charge in [0, 0.05) is 40.8 Å². The fraction of sp³-hybridized carbons (Fsp3) is 0.125. The zero-order chi connectivity index (χ0) is 19.8. The van der Waals surface area contributed by atoms with Crippen LogP contribution in [-0.2, 0) is 13.1 Å². The Morgan fingerprint density at radius 3 is 2.59 bits per heavy atom. The van der Waals surface area contributed by atoms with E-state index in [1.807, 2.05) is 36.4 Å². The van der Waals surface area contributed by atoms with E-state index in [4.69, 9.17) is 0 Å². The molecule has 1 amide bonds. The molecular formula is C24H21N3O2. The van der Waals surface area contributed by atoms with Gasteiger partial charge in [-0.15, -0.1) is 0 Å². The molecule has 144 valence electrons. The Hall–Kier alpha value is -3.57. The zero-order valence-electron chi connectivity index (χ0n) is 15.8. The standard InChI is InChI=1S/C24H21N3O2/c28-16-10-11-17-19(12-16)23(27-24(17)29)22-18-8-4-5-9-20(18)26-21(22)14-25-13-15-6-2-1-3-7-15/h1-12,23,25-26,28H,13-14H2,(H,27,29)/t23-/m0/s1. The predicted molar refractivity (Wildman–Crippen MR) is 113 cm³/mol. The van der Waals surface area contributed by atoms with Gasteiger partial charge < -0.3 is 20.7 Å². The molecule has 3 aromatic carbocycles. The summed E-state index contributed by atoms with van der Waals surface area (Å²) < 4.78 is 0. The smallest absolute Gasteiger partial charge is 0.252 e. The van der Waals surface area contributed by atoms with Crippen LogP contribution in [0.2, 0.25) is 0 Å². The summed E-state index contributed by atoms with van der Waals surface area (Å²) in [5.41, 5.74) is 5.74. The van der Waals surface area contributed by atoms with Crippen LogP contribution in [0.1, 0.15) is 38.8 Å². The lowest BCUT2D eigenvalue weighted by molar-refractivity contribution is 0.0960. The maximum Gasteiger partial charge on any atom is 0.252 e. The second-order valence-corrected chi connectivity index (χ2v) is 7.33. The van der Waals surface area contributed by atoms with E-state index >= 15 is 0 Å². The van der Waals surface area contributed by atoms with Crippen molar-refractivity contribution in [3.63, 3.8) is 0 Å². The van der Waals surface area contributed by atoms with Crippen molar-refractivity contribution in [3.05, 3.63) is 101 Å². The van der Waals surface area contributed by atoms with Gasteiger partial charge in [-0.25, -0.2) is 0 Å². The van der Waals surface area contributed by atoms with E-state index in [2.05, 4.69) is 33.8 Å². The summed E-state index contributed by atoms with van der Waals surface area (Å²) in [5, 5.41) is 17.7. The van der Waals surface area contributed by atoms with Gasteiger partial charge in [-0.3, -0.25) is 4.79 Å². The van der Waals surface area contributed by atoms with Crippen LogP contribution in [0.3, 0.4) is 0 Å². The number of nitrogens with one attached hydrogen (secondary N) is 3. The Labute approximate surface area is 168 Å². The SMILES string of the molecule is O=C1N[C@H](c2c(CNCc3ccccc3)[nH]c3ccccc23)c2cc(O)ccc21. The molecular weight excluding hydrogens is 362 g/mol. The summed E-state index contributed by atoms with van der Waals surface area (Å²) in [4.78, 5) is 16.0. The number of aromatic nitrogens is 1. The third-order valence-electron chi connectivity index (χ3n) is 5.46. The third kappa shape index (κ3) is 3.15. The molecule has 0 radical (unpaired) electrons. The molecule has 0 saturated carbocycles. The van der Waals surface area contributed by atoms with Gasteiger partial charge in [0.25, 0.3) is 5.91 Å². The zero-order valence-corrected chi connectivity index (χ0v) is 15.8. The summed E-state index contributed by atoms with van der Waals surface area (Å²) in [6.45, 7) is 1.39. The van der Waals surface area contributed by atoms with Crippen molar-refractivity contribution in [1.29, 1.82) is 0 Å². The highest BCUT2D eigenvalue weighted by Crippen LogP contribution is 2.38. The van der Waals surface area contributed by atoms with Gasteiger partial charge in [-0.2, -0.15) is 0 Å². The lowest BCUT2D eigenvalue weighted by atomic mass is 9.95. The predicted octanol–water partition coefficient (Wildman–Crippen LogP) is 4.00. The number of aromatic hydroxyl groups is 1. The molecule has 0 unspecified atom stereocenters. The average Bonchev–Trinajstić information content (AvgIpc) is 3.25. The van der Waals surface area contributed by atoms with Crippen molar-refractivity contribution >= 4 is 16.8 Å². The lowest BCUT2D eigenvalue weighted by Crippen LogP contribution is -2.22. The first-order valence-corrected chi connectivity index (χ1v) is 9.68. The molecule has 5 rings (SSSR count). The average molecular weight is 383 g/mol. The summed E-state index contributed by atoms with van der Waals surface area (Å²) in [7, 11) is 0. The summed E-state index contributed by atoms with van der Waals surface area (Å²) in [6.07, 6.45) is 0. The second-order valence-electron chi connectivity index (χ2n) is 7.33. The Morgan fingerprint density at radius 1 is 0.931 bits per heavy atom. The van der Waals surface area contributed by atoms with E-state index < -0.39 is 0 Å². The van der Waals surface area contributed by atoms with Gasteiger partial charge in [-0.05, 0) is 35.4 Å². The molecule has 1 aromatic heterocycles. The number of para-hydroxylation sites is 1. The largest absolute Gasteiger partial charge is 0.508 e. The molecule has 5 heteroatoms. The highest BCUT2D eigenvalue weighted by molar-refractivity contribution is 6.01. The molecule has 0 fully saturated rings. The Balaban J connectivity index is 1.53. The Morgan fingerprint density at radius 2 is 1.72 bits per heavy atom. The van der Waals surface area contributed by atoms with E-state index in [-0.39, 0.29) is 17.7 Å². The lowest BCUT2D eigenvalue weighted by Gasteiger charge is -2.15. The van der Waals surface area contributed by atoms with E-state index in [1.165, 1.54) is 5.56 Å². The minimum atomic E-state index is -0.297. The van der Waals surface area contributed by atoms with Crippen LogP contribution >= 0.6 is 0 Å². The first-order chi connectivity index (χ1) is 14.2. The van der Waals surface area contributed by atoms with E-state index in [1.54, 1.807) is 18.2 Å². The van der Waals surface area contributed by atoms with Crippen LogP contribution in [0.15, 0.2) is 72.8 Å². The number of amides is 1. The van der Waals surface area contributed by atoms with Crippen LogP contribution in [0.4, 0.5) is 0 Å². The van der Waals surface area contributed by atoms with Gasteiger partial charge in [0.1, 0.15) is 5.75 Å². The Kier molecular flexibility index (Phi) is 4.30. The van der Waals surface area contributed by atoms with Crippen molar-refractivity contribution in [2.75, 3.05) is 0 Å². The fourth-order valence-corrected chi connectivity index (χ4v) is 4.13. The van der Waals surface area contributed by atoms with Crippen LogP contribution in [0.5, 0.6) is 5.75 Å². The number of aromatic amines is 1. The molecule has 1 atom stereocenters. The van der Waals surface area contributed by atoms with E-state index in [9.17, 15) is 9.90 Å². The van der Waals surface area contributed by atoms with Crippen molar-refractivity contribution in [2.24, 2.45) is 0 Å². The van der Waals surface area contributed by atoms with Crippen LogP contribution in [-0.4, -0.2) is 16.0 Å². The molecule has 4 aromatic rings. The van der Waals surface area contributed by atoms with Gasteiger partial charge >= 0.3 is 0 Å². The number of rotatable bonds is 5. The monoisotopic (exact) mass is 383 g/mol. The molecule has 0 saturated heterocycles. The van der Waals surface area contributed by atoms with Crippen molar-refractivity contribution < 1.29 is 9.90 Å². The Bertz CT molecular complexity index is 1200. The third-order valence-corrected chi connectivity index (χ3v) is 5.46. The van der Waals surface area contributed by atoms with Crippen molar-refractivity contribution in [1.82, 2.24) is 15.6 Å². The van der Waals surface area contributed by atoms with Crippen LogP contribution in [0, 0.1) is 0 Å². The van der Waals surface area contributed by atoms with Crippen LogP contribution in [0.25, 0.3) is 10.9 Å². The normalized spacial score (nSPS) is 15.4. The van der Waals surface area contributed by atoms with Crippen molar-refractivity contribution in [3.8, 4) is 5.75 Å². The number of H-pyrrole nitrogens is 1. The summed E-state index contributed by atoms with van der Waals surface area (Å²) in [6, 6.07) is 23.0. The quantitative estimate of drug-likeness (QED) is 0.421. The molecule has 0 aliphatic carbocycles. The highest BCUT2D eigenvalue weighted by atomic mass is 16.3. The number of phenolic OH excluding ortho intramolecular Hbond substituents is 1. The summed E-state index contributed by atoms with van der Waals surface area (Å²) >= 11 is 0. The molecule has 1 aliphatic heterocycles. The fourth-order valence-electron chi connectivity index (χ4n) is 4.13. The number of hydrogen-bond donors (Lipinski definition) is 4. The van der Waals surface area contributed by atoms with Gasteiger partial charge in [-0.1, -0.05) is 48.5 Å². The van der Waals surface area contributed by atoms with Gasteiger partial charge in [0.2, 0.25) is 0 Å². The summed E-state index contributed by atoms with van der Waals surface area (Å²) in [5.74, 6) is 0.0484. The molecule has 2 heterocycles. The number of phenols is 1. The van der Waals surface area contributed by atoms with Gasteiger partial charge in [0.15, 0.2) is 0 Å². The topological polar surface area (TPSA) is 77.2 Å². The molecule has 5 nitrogen and oxygen atoms in total. The maximum atomic E-state index is 12.5. The van der Waals surface area contributed by atoms with Crippen molar-refractivity contribution in [2.45, 2.75) is 19.1 Å². The molecule has 4 N–H and O–H groups in total.